The van der Waals surface area contributed by atoms with E-state index in [2.05, 4.69) is 15.3 Å². The molecule has 0 unspecified atom stereocenters. The second-order valence-electron chi connectivity index (χ2n) is 3.30. The Balaban J connectivity index is 2.06. The van der Waals surface area contributed by atoms with Crippen LogP contribution in [0.15, 0.2) is 12.4 Å². The molecule has 2 atom stereocenters. The first kappa shape index (κ1) is 8.91. The van der Waals surface area contributed by atoms with Gasteiger partial charge in [0.1, 0.15) is 23.9 Å². The molecule has 0 saturated heterocycles. The summed E-state index contributed by atoms with van der Waals surface area (Å²) in [5, 5.41) is 21.0. The van der Waals surface area contributed by atoms with E-state index in [0.717, 1.165) is 12.8 Å². The summed E-state index contributed by atoms with van der Waals surface area (Å²) in [5.41, 5.74) is 0.330. The first-order valence-electron chi connectivity index (χ1n) is 4.46. The van der Waals surface area contributed by atoms with E-state index in [0.29, 0.717) is 11.5 Å². The number of nitriles is 1. The molecule has 1 aromatic heterocycles. The summed E-state index contributed by atoms with van der Waals surface area (Å²) in [6.45, 7) is 0. The lowest BCUT2D eigenvalue weighted by atomic mass is 9.89. The molecule has 1 fully saturated rings. The molecular weight excluding hydrogens is 180 g/mol. The fraction of sp³-hybridized carbons (Fsp3) is 0.444. The second kappa shape index (κ2) is 3.60. The summed E-state index contributed by atoms with van der Waals surface area (Å²) in [4.78, 5) is 7.71. The maximum Gasteiger partial charge on any atom is 0.145 e. The van der Waals surface area contributed by atoms with Crippen molar-refractivity contribution in [2.45, 2.75) is 25.0 Å². The Labute approximate surface area is 81.4 Å². The molecular formula is C9H10N4O. The fourth-order valence-electron chi connectivity index (χ4n) is 1.34. The summed E-state index contributed by atoms with van der Waals surface area (Å²) < 4.78 is 0. The maximum atomic E-state index is 9.32. The molecule has 14 heavy (non-hydrogen) atoms. The fourth-order valence-corrected chi connectivity index (χ4v) is 1.34. The van der Waals surface area contributed by atoms with E-state index < -0.39 is 0 Å². The molecule has 1 aliphatic rings. The van der Waals surface area contributed by atoms with Crippen molar-refractivity contribution in [1.82, 2.24) is 9.97 Å². The molecule has 72 valence electrons. The highest BCUT2D eigenvalue weighted by atomic mass is 16.3. The number of hydrogen-bond acceptors (Lipinski definition) is 5. The third-order valence-corrected chi connectivity index (χ3v) is 2.35. The van der Waals surface area contributed by atoms with Crippen LogP contribution in [0.25, 0.3) is 0 Å². The van der Waals surface area contributed by atoms with Crippen LogP contribution in [-0.4, -0.2) is 27.2 Å². The Hall–Kier alpha value is -1.67. The number of nitrogens with zero attached hydrogens (tertiary/aromatic N) is 3. The topological polar surface area (TPSA) is 81.8 Å². The summed E-state index contributed by atoms with van der Waals surface area (Å²) in [6.07, 6.45) is 2.81. The average Bonchev–Trinajstić information content (AvgIpc) is 2.24. The molecule has 1 aromatic rings. The van der Waals surface area contributed by atoms with Gasteiger partial charge in [0.2, 0.25) is 0 Å². The number of rotatable bonds is 2. The molecule has 2 N–H and O–H groups in total. The van der Waals surface area contributed by atoms with Gasteiger partial charge in [0, 0.05) is 6.07 Å². The van der Waals surface area contributed by atoms with E-state index in [1.54, 1.807) is 6.07 Å². The predicted molar refractivity (Wildman–Crippen MR) is 49.4 cm³/mol. The van der Waals surface area contributed by atoms with Crippen molar-refractivity contribution < 1.29 is 5.11 Å². The first-order valence-corrected chi connectivity index (χ1v) is 4.46. The first-order chi connectivity index (χ1) is 6.79. The Kier molecular flexibility index (Phi) is 2.29. The largest absolute Gasteiger partial charge is 0.391 e. The highest BCUT2D eigenvalue weighted by molar-refractivity contribution is 5.40. The van der Waals surface area contributed by atoms with E-state index in [1.807, 2.05) is 6.07 Å². The molecule has 0 aliphatic heterocycles. The van der Waals surface area contributed by atoms with Gasteiger partial charge >= 0.3 is 0 Å². The quantitative estimate of drug-likeness (QED) is 0.700. The minimum atomic E-state index is -0.296. The Morgan fingerprint density at radius 3 is 2.93 bits per heavy atom. The number of aromatic nitrogens is 2. The number of aliphatic hydroxyl groups is 1. The van der Waals surface area contributed by atoms with Gasteiger partial charge in [-0.05, 0) is 12.8 Å². The van der Waals surface area contributed by atoms with Gasteiger partial charge in [-0.2, -0.15) is 5.26 Å². The monoisotopic (exact) mass is 190 g/mol. The SMILES string of the molecule is N#Cc1cc(N[C@@H]2CC[C@H]2O)ncn1. The van der Waals surface area contributed by atoms with Crippen molar-refractivity contribution in [3.05, 3.63) is 18.1 Å². The van der Waals surface area contributed by atoms with Gasteiger partial charge in [0.15, 0.2) is 0 Å². The molecule has 0 aromatic carbocycles. The third kappa shape index (κ3) is 1.65. The normalized spacial score (nSPS) is 24.9. The van der Waals surface area contributed by atoms with E-state index in [1.165, 1.54) is 6.33 Å². The average molecular weight is 190 g/mol. The molecule has 0 radical (unpaired) electrons. The van der Waals surface area contributed by atoms with Crippen molar-refractivity contribution in [2.75, 3.05) is 5.32 Å². The number of aliphatic hydroxyl groups excluding tert-OH is 1. The lowest BCUT2D eigenvalue weighted by Gasteiger charge is -2.33. The molecule has 5 heteroatoms. The minimum Gasteiger partial charge on any atom is -0.391 e. The zero-order valence-electron chi connectivity index (χ0n) is 7.51. The van der Waals surface area contributed by atoms with Crippen LogP contribution in [-0.2, 0) is 0 Å². The summed E-state index contributed by atoms with van der Waals surface area (Å²) >= 11 is 0. The van der Waals surface area contributed by atoms with Gasteiger partial charge in [0.25, 0.3) is 0 Å². The zero-order valence-corrected chi connectivity index (χ0v) is 7.51. The van der Waals surface area contributed by atoms with Crippen molar-refractivity contribution in [3.63, 3.8) is 0 Å². The van der Waals surface area contributed by atoms with Gasteiger partial charge < -0.3 is 10.4 Å². The van der Waals surface area contributed by atoms with Crippen LogP contribution in [0.5, 0.6) is 0 Å². The van der Waals surface area contributed by atoms with Crippen LogP contribution in [0, 0.1) is 11.3 Å². The molecule has 1 saturated carbocycles. The molecule has 2 rings (SSSR count). The highest BCUT2D eigenvalue weighted by Crippen LogP contribution is 2.22. The van der Waals surface area contributed by atoms with Crippen LogP contribution in [0.1, 0.15) is 18.5 Å². The third-order valence-electron chi connectivity index (χ3n) is 2.35. The Morgan fingerprint density at radius 1 is 1.50 bits per heavy atom. The van der Waals surface area contributed by atoms with Crippen LogP contribution >= 0.6 is 0 Å². The van der Waals surface area contributed by atoms with Crippen molar-refractivity contribution in [1.29, 1.82) is 5.26 Å². The van der Waals surface area contributed by atoms with Gasteiger partial charge in [0.05, 0.1) is 12.1 Å². The number of hydrogen-bond donors (Lipinski definition) is 2. The van der Waals surface area contributed by atoms with Gasteiger partial charge in [-0.25, -0.2) is 9.97 Å². The number of anilines is 1. The molecule has 0 bridgehead atoms. The lowest BCUT2D eigenvalue weighted by Crippen LogP contribution is -2.42. The van der Waals surface area contributed by atoms with Crippen LogP contribution in [0.4, 0.5) is 5.82 Å². The molecule has 1 heterocycles. The number of nitrogens with one attached hydrogen (secondary N) is 1. The Morgan fingerprint density at radius 2 is 2.36 bits per heavy atom. The van der Waals surface area contributed by atoms with Gasteiger partial charge in [-0.15, -0.1) is 0 Å². The standard InChI is InChI=1S/C9H10N4O/c10-4-6-3-9(12-5-11-6)13-7-1-2-8(7)14/h3,5,7-8,14H,1-2H2,(H,11,12,13)/t7-,8-/m1/s1. The van der Waals surface area contributed by atoms with E-state index >= 15 is 0 Å². The van der Waals surface area contributed by atoms with Gasteiger partial charge in [-0.1, -0.05) is 0 Å². The maximum absolute atomic E-state index is 9.32. The van der Waals surface area contributed by atoms with Crippen LogP contribution < -0.4 is 5.32 Å². The molecule has 1 aliphatic carbocycles. The summed E-state index contributed by atoms with van der Waals surface area (Å²) in [6, 6.07) is 3.57. The molecule has 5 nitrogen and oxygen atoms in total. The summed E-state index contributed by atoms with van der Waals surface area (Å²) in [5.74, 6) is 0.598. The van der Waals surface area contributed by atoms with Crippen LogP contribution in [0.3, 0.4) is 0 Å². The van der Waals surface area contributed by atoms with Gasteiger partial charge in [-0.3, -0.25) is 0 Å². The van der Waals surface area contributed by atoms with E-state index in [4.69, 9.17) is 5.26 Å². The smallest absolute Gasteiger partial charge is 0.145 e. The van der Waals surface area contributed by atoms with Crippen molar-refractivity contribution in [3.8, 4) is 6.07 Å². The second-order valence-corrected chi connectivity index (χ2v) is 3.30. The van der Waals surface area contributed by atoms with Crippen LogP contribution in [0.2, 0.25) is 0 Å². The van der Waals surface area contributed by atoms with Crippen molar-refractivity contribution in [2.24, 2.45) is 0 Å². The lowest BCUT2D eigenvalue weighted by molar-refractivity contribution is 0.0784. The Bertz CT molecular complexity index is 373. The van der Waals surface area contributed by atoms with E-state index in [9.17, 15) is 5.11 Å². The van der Waals surface area contributed by atoms with E-state index in [-0.39, 0.29) is 12.1 Å². The predicted octanol–water partition coefficient (Wildman–Crippen LogP) is 0.283. The molecule has 0 amide bonds. The highest BCUT2D eigenvalue weighted by Gasteiger charge is 2.28. The minimum absolute atomic E-state index is 0.0662. The molecule has 0 spiro atoms. The zero-order chi connectivity index (χ0) is 9.97. The van der Waals surface area contributed by atoms with Crippen molar-refractivity contribution >= 4 is 5.82 Å². The summed E-state index contributed by atoms with van der Waals surface area (Å²) in [7, 11) is 0.